The third-order valence-corrected chi connectivity index (χ3v) is 4.92. The van der Waals surface area contributed by atoms with Crippen molar-refractivity contribution >= 4 is 17.8 Å². The van der Waals surface area contributed by atoms with Crippen LogP contribution in [0.2, 0.25) is 0 Å². The van der Waals surface area contributed by atoms with Gasteiger partial charge in [-0.05, 0) is 20.3 Å². The summed E-state index contributed by atoms with van der Waals surface area (Å²) in [6.07, 6.45) is 1.05. The molecule has 0 aromatic carbocycles. The molecule has 1 atom stereocenters. The highest BCUT2D eigenvalue weighted by Gasteiger charge is 2.23. The fourth-order valence-corrected chi connectivity index (χ4v) is 3.22. The molecule has 28 heavy (non-hydrogen) atoms. The summed E-state index contributed by atoms with van der Waals surface area (Å²) >= 11 is 0. The van der Waals surface area contributed by atoms with Crippen LogP contribution in [0.15, 0.2) is 4.99 Å². The third-order valence-electron chi connectivity index (χ3n) is 4.92. The van der Waals surface area contributed by atoms with Gasteiger partial charge in [-0.15, -0.1) is 0 Å². The minimum atomic E-state index is -0.0208. The zero-order valence-electron chi connectivity index (χ0n) is 17.7. The van der Waals surface area contributed by atoms with E-state index in [1.165, 1.54) is 0 Å². The first-order valence-corrected chi connectivity index (χ1v) is 10.2. The Labute approximate surface area is 168 Å². The van der Waals surface area contributed by atoms with Gasteiger partial charge in [0.2, 0.25) is 11.8 Å². The third kappa shape index (κ3) is 7.63. The lowest BCUT2D eigenvalue weighted by molar-refractivity contribution is -0.127. The van der Waals surface area contributed by atoms with E-state index < -0.39 is 0 Å². The second-order valence-corrected chi connectivity index (χ2v) is 8.02. The zero-order chi connectivity index (χ0) is 20.5. The molecule has 0 aromatic rings. The van der Waals surface area contributed by atoms with Crippen LogP contribution in [0.5, 0.6) is 0 Å². The highest BCUT2D eigenvalue weighted by Crippen LogP contribution is 2.11. The van der Waals surface area contributed by atoms with Crippen molar-refractivity contribution in [2.75, 3.05) is 73.1 Å². The summed E-state index contributed by atoms with van der Waals surface area (Å²) in [5, 5.41) is 6.37. The SMILES string of the molecule is CC(C)NC(=O)CN1CCN(C(=NCC(=O)N(C)C)NCC2CCOC2)CC1. The number of nitrogens with one attached hydrogen (secondary N) is 2. The van der Waals surface area contributed by atoms with E-state index in [4.69, 9.17) is 4.74 Å². The molecule has 2 aliphatic heterocycles. The van der Waals surface area contributed by atoms with Crippen LogP contribution >= 0.6 is 0 Å². The topological polar surface area (TPSA) is 89.5 Å². The van der Waals surface area contributed by atoms with E-state index in [1.807, 2.05) is 13.8 Å². The predicted octanol–water partition coefficient (Wildman–Crippen LogP) is -0.801. The average Bonchev–Trinajstić information content (AvgIpc) is 3.15. The van der Waals surface area contributed by atoms with Crippen molar-refractivity contribution < 1.29 is 14.3 Å². The molecule has 2 amide bonds. The molecule has 0 aliphatic carbocycles. The van der Waals surface area contributed by atoms with Crippen LogP contribution in [0.25, 0.3) is 0 Å². The predicted molar refractivity (Wildman–Crippen MR) is 109 cm³/mol. The molecular weight excluding hydrogens is 360 g/mol. The molecule has 2 aliphatic rings. The first-order valence-electron chi connectivity index (χ1n) is 10.2. The maximum absolute atomic E-state index is 12.0. The van der Waals surface area contributed by atoms with Gasteiger partial charge in [0.1, 0.15) is 6.54 Å². The number of likely N-dealkylation sites (N-methyl/N-ethyl adjacent to an activating group) is 1. The molecule has 0 radical (unpaired) electrons. The Morgan fingerprint density at radius 2 is 1.93 bits per heavy atom. The number of amides is 2. The fraction of sp³-hybridized carbons (Fsp3) is 0.842. The molecule has 9 nitrogen and oxygen atoms in total. The van der Waals surface area contributed by atoms with Crippen molar-refractivity contribution in [1.82, 2.24) is 25.3 Å². The smallest absolute Gasteiger partial charge is 0.243 e. The highest BCUT2D eigenvalue weighted by atomic mass is 16.5. The van der Waals surface area contributed by atoms with Gasteiger partial charge in [0.25, 0.3) is 0 Å². The Morgan fingerprint density at radius 1 is 1.21 bits per heavy atom. The number of carbonyl (C=O) groups excluding carboxylic acids is 2. The van der Waals surface area contributed by atoms with Crippen LogP contribution in [0, 0.1) is 5.92 Å². The minimum Gasteiger partial charge on any atom is -0.381 e. The van der Waals surface area contributed by atoms with Crippen LogP contribution in [0.4, 0.5) is 0 Å². The van der Waals surface area contributed by atoms with Crippen molar-refractivity contribution in [2.45, 2.75) is 26.3 Å². The van der Waals surface area contributed by atoms with Crippen LogP contribution in [-0.4, -0.2) is 112 Å². The quantitative estimate of drug-likeness (QED) is 0.433. The number of ether oxygens (including phenoxy) is 1. The molecule has 1 unspecified atom stereocenters. The van der Waals surface area contributed by atoms with Gasteiger partial charge >= 0.3 is 0 Å². The summed E-state index contributed by atoms with van der Waals surface area (Å²) in [6.45, 7) is 10.0. The van der Waals surface area contributed by atoms with Gasteiger partial charge in [0.05, 0.1) is 13.2 Å². The van der Waals surface area contributed by atoms with E-state index in [2.05, 4.69) is 25.4 Å². The van der Waals surface area contributed by atoms with Gasteiger partial charge in [0, 0.05) is 65.4 Å². The standard InChI is InChI=1S/C19H36N6O3/c1-15(2)22-17(26)13-24-6-8-25(9-7-24)19(21-12-18(27)23(3)4)20-11-16-5-10-28-14-16/h15-16H,5-14H2,1-4H3,(H,20,21)(H,22,26). The number of hydrogen-bond donors (Lipinski definition) is 2. The normalized spacial score (nSPS) is 21.1. The number of rotatable bonds is 7. The van der Waals surface area contributed by atoms with E-state index in [9.17, 15) is 9.59 Å². The molecule has 2 fully saturated rings. The van der Waals surface area contributed by atoms with Crippen LogP contribution in [0.1, 0.15) is 20.3 Å². The second-order valence-electron chi connectivity index (χ2n) is 8.02. The van der Waals surface area contributed by atoms with Crippen molar-refractivity contribution in [3.05, 3.63) is 0 Å². The van der Waals surface area contributed by atoms with Crippen LogP contribution in [-0.2, 0) is 14.3 Å². The largest absolute Gasteiger partial charge is 0.381 e. The van der Waals surface area contributed by atoms with E-state index in [0.717, 1.165) is 58.3 Å². The van der Waals surface area contributed by atoms with Crippen molar-refractivity contribution in [3.63, 3.8) is 0 Å². The van der Waals surface area contributed by atoms with Gasteiger partial charge < -0.3 is 25.2 Å². The van der Waals surface area contributed by atoms with Crippen LogP contribution < -0.4 is 10.6 Å². The number of nitrogens with zero attached hydrogens (tertiary/aromatic N) is 4. The molecule has 2 saturated heterocycles. The fourth-order valence-electron chi connectivity index (χ4n) is 3.22. The Balaban J connectivity index is 1.88. The molecule has 0 aromatic heterocycles. The molecule has 0 spiro atoms. The lowest BCUT2D eigenvalue weighted by atomic mass is 10.1. The number of piperazine rings is 1. The number of guanidine groups is 1. The summed E-state index contributed by atoms with van der Waals surface area (Å²) in [6, 6.07) is 0.158. The summed E-state index contributed by atoms with van der Waals surface area (Å²) in [5.74, 6) is 1.30. The Hall–Kier alpha value is -1.87. The first kappa shape index (κ1) is 22.4. The second kappa shape index (κ2) is 11.2. The van der Waals surface area contributed by atoms with E-state index >= 15 is 0 Å². The monoisotopic (exact) mass is 396 g/mol. The van der Waals surface area contributed by atoms with Crippen molar-refractivity contribution in [2.24, 2.45) is 10.9 Å². The van der Waals surface area contributed by atoms with E-state index in [-0.39, 0.29) is 24.4 Å². The van der Waals surface area contributed by atoms with Gasteiger partial charge in [-0.1, -0.05) is 0 Å². The lowest BCUT2D eigenvalue weighted by Crippen LogP contribution is -2.54. The van der Waals surface area contributed by atoms with E-state index in [0.29, 0.717) is 12.5 Å². The minimum absolute atomic E-state index is 0.0208. The zero-order valence-corrected chi connectivity index (χ0v) is 17.7. The molecule has 2 heterocycles. The van der Waals surface area contributed by atoms with Crippen LogP contribution in [0.3, 0.4) is 0 Å². The number of carbonyl (C=O) groups is 2. The molecule has 0 saturated carbocycles. The summed E-state index contributed by atoms with van der Waals surface area (Å²) in [5.41, 5.74) is 0. The number of hydrogen-bond acceptors (Lipinski definition) is 5. The van der Waals surface area contributed by atoms with Gasteiger partial charge in [-0.3, -0.25) is 14.5 Å². The van der Waals surface area contributed by atoms with Gasteiger partial charge in [0.15, 0.2) is 5.96 Å². The molecule has 0 bridgehead atoms. The maximum Gasteiger partial charge on any atom is 0.243 e. The highest BCUT2D eigenvalue weighted by molar-refractivity contribution is 5.85. The number of aliphatic imine (C=N–C) groups is 1. The lowest BCUT2D eigenvalue weighted by Gasteiger charge is -2.36. The summed E-state index contributed by atoms with van der Waals surface area (Å²) in [4.78, 5) is 34.4. The Morgan fingerprint density at radius 3 is 2.50 bits per heavy atom. The Bertz CT molecular complexity index is 538. The maximum atomic E-state index is 12.0. The summed E-state index contributed by atoms with van der Waals surface area (Å²) in [7, 11) is 3.48. The van der Waals surface area contributed by atoms with Gasteiger partial charge in [-0.25, -0.2) is 4.99 Å². The molecule has 9 heteroatoms. The first-order chi connectivity index (χ1) is 13.3. The average molecular weight is 397 g/mol. The molecular formula is C19H36N6O3. The molecule has 2 rings (SSSR count). The summed E-state index contributed by atoms with van der Waals surface area (Å²) < 4.78 is 5.44. The van der Waals surface area contributed by atoms with Crippen molar-refractivity contribution in [3.8, 4) is 0 Å². The molecule has 160 valence electrons. The Kier molecular flexibility index (Phi) is 8.98. The molecule has 2 N–H and O–H groups in total. The van der Waals surface area contributed by atoms with Gasteiger partial charge in [-0.2, -0.15) is 0 Å². The van der Waals surface area contributed by atoms with E-state index in [1.54, 1.807) is 19.0 Å². The van der Waals surface area contributed by atoms with Crippen molar-refractivity contribution in [1.29, 1.82) is 0 Å².